The zero-order valence-corrected chi connectivity index (χ0v) is 12.5. The third kappa shape index (κ3) is 2.94. The van der Waals surface area contributed by atoms with E-state index in [4.69, 9.17) is 5.26 Å². The molecule has 2 aromatic rings. The topological polar surface area (TPSA) is 35.8 Å². The molecule has 0 aliphatic rings. The van der Waals surface area contributed by atoms with Crippen LogP contribution in [0.4, 0.5) is 20.2 Å². The molecule has 6 heteroatoms. The second-order valence-electron chi connectivity index (χ2n) is 3.64. The van der Waals surface area contributed by atoms with Crippen LogP contribution in [0.5, 0.6) is 0 Å². The molecule has 0 spiro atoms. The summed E-state index contributed by atoms with van der Waals surface area (Å²) in [4.78, 5) is 0. The number of nitrogens with zero attached hydrogens (tertiary/aromatic N) is 1. The summed E-state index contributed by atoms with van der Waals surface area (Å²) in [6.45, 7) is 0. The van der Waals surface area contributed by atoms with E-state index < -0.39 is 11.6 Å². The molecule has 0 aromatic heterocycles. The summed E-state index contributed by atoms with van der Waals surface area (Å²) in [6.07, 6.45) is 0. The Hall–Kier alpha value is -1.45. The molecule has 0 saturated carbocycles. The van der Waals surface area contributed by atoms with E-state index in [1.165, 1.54) is 0 Å². The molecular weight excluding hydrogens is 382 g/mol. The van der Waals surface area contributed by atoms with Crippen molar-refractivity contribution in [2.75, 3.05) is 5.32 Å². The fourth-order valence-corrected chi connectivity index (χ4v) is 2.40. The van der Waals surface area contributed by atoms with Crippen molar-refractivity contribution in [3.63, 3.8) is 0 Å². The van der Waals surface area contributed by atoms with Crippen LogP contribution in [0.15, 0.2) is 39.3 Å². The van der Waals surface area contributed by atoms with E-state index in [-0.39, 0.29) is 11.3 Å². The van der Waals surface area contributed by atoms with Crippen LogP contribution in [0.1, 0.15) is 5.56 Å². The van der Waals surface area contributed by atoms with E-state index in [9.17, 15) is 8.78 Å². The fraction of sp³-hybridized carbons (Fsp3) is 0. The number of hydrogen-bond acceptors (Lipinski definition) is 2. The molecule has 0 fully saturated rings. The minimum Gasteiger partial charge on any atom is -0.350 e. The average molecular weight is 388 g/mol. The predicted molar refractivity (Wildman–Crippen MR) is 76.2 cm³/mol. The maximum Gasteiger partial charge on any atom is 0.150 e. The molecule has 1 N–H and O–H groups in total. The highest BCUT2D eigenvalue weighted by Crippen LogP contribution is 2.30. The van der Waals surface area contributed by atoms with Crippen LogP contribution in [0.2, 0.25) is 0 Å². The molecule has 0 aliphatic carbocycles. The molecule has 0 heterocycles. The van der Waals surface area contributed by atoms with Gasteiger partial charge in [-0.15, -0.1) is 0 Å². The lowest BCUT2D eigenvalue weighted by Crippen LogP contribution is -2.00. The molecule has 0 saturated heterocycles. The molecule has 2 nitrogen and oxygen atoms in total. The van der Waals surface area contributed by atoms with Gasteiger partial charge in [0.15, 0.2) is 11.6 Å². The summed E-state index contributed by atoms with van der Waals surface area (Å²) in [7, 11) is 0. The second-order valence-corrected chi connectivity index (χ2v) is 5.41. The van der Waals surface area contributed by atoms with Crippen molar-refractivity contribution < 1.29 is 8.78 Å². The second kappa shape index (κ2) is 5.68. The minimum atomic E-state index is -0.740. The Morgan fingerprint density at radius 3 is 2.32 bits per heavy atom. The molecule has 0 amide bonds. The molecule has 0 bridgehead atoms. The van der Waals surface area contributed by atoms with Crippen LogP contribution in [-0.2, 0) is 0 Å². The van der Waals surface area contributed by atoms with E-state index in [2.05, 4.69) is 37.2 Å². The van der Waals surface area contributed by atoms with Gasteiger partial charge in [-0.25, -0.2) is 8.78 Å². The van der Waals surface area contributed by atoms with E-state index in [0.29, 0.717) is 14.6 Å². The highest BCUT2D eigenvalue weighted by molar-refractivity contribution is 9.10. The normalized spacial score (nSPS) is 10.1. The van der Waals surface area contributed by atoms with E-state index in [0.717, 1.165) is 12.1 Å². The number of rotatable bonds is 2. The predicted octanol–water partition coefficient (Wildman–Crippen LogP) is 5.11. The summed E-state index contributed by atoms with van der Waals surface area (Å²) in [5.41, 5.74) is 0.319. The van der Waals surface area contributed by atoms with Crippen molar-refractivity contribution in [1.29, 1.82) is 5.26 Å². The fourth-order valence-electron chi connectivity index (χ4n) is 1.54. The largest absolute Gasteiger partial charge is 0.350 e. The van der Waals surface area contributed by atoms with Crippen molar-refractivity contribution in [2.24, 2.45) is 0 Å². The summed E-state index contributed by atoms with van der Waals surface area (Å²) >= 11 is 6.22. The van der Waals surface area contributed by atoms with Crippen LogP contribution >= 0.6 is 31.9 Å². The number of halogens is 4. The molecule has 19 heavy (non-hydrogen) atoms. The van der Waals surface area contributed by atoms with Crippen molar-refractivity contribution in [2.45, 2.75) is 0 Å². The van der Waals surface area contributed by atoms with Crippen LogP contribution < -0.4 is 5.32 Å². The van der Waals surface area contributed by atoms with Crippen LogP contribution in [0.3, 0.4) is 0 Å². The van der Waals surface area contributed by atoms with Gasteiger partial charge < -0.3 is 5.32 Å². The number of anilines is 2. The first-order chi connectivity index (χ1) is 9.02. The smallest absolute Gasteiger partial charge is 0.150 e. The van der Waals surface area contributed by atoms with Gasteiger partial charge in [-0.05, 0) is 40.2 Å². The number of nitriles is 1. The summed E-state index contributed by atoms with van der Waals surface area (Å²) in [6, 6.07) is 9.19. The van der Waals surface area contributed by atoms with Crippen LogP contribution in [0.25, 0.3) is 0 Å². The standard InChI is InChI=1S/C13H6Br2F2N2/c14-7-4-10(16)13(11(17)5-7)19-12-3-1-2-9(15)8(12)6-18/h1-5,19H. The van der Waals surface area contributed by atoms with Crippen molar-refractivity contribution in [3.05, 3.63) is 56.5 Å². The Bertz CT molecular complexity index is 658. The molecule has 0 radical (unpaired) electrons. The quantitative estimate of drug-likeness (QED) is 0.777. The van der Waals surface area contributed by atoms with Gasteiger partial charge in [-0.2, -0.15) is 5.26 Å². The highest BCUT2D eigenvalue weighted by atomic mass is 79.9. The van der Waals surface area contributed by atoms with E-state index >= 15 is 0 Å². The Morgan fingerprint density at radius 2 is 1.74 bits per heavy atom. The van der Waals surface area contributed by atoms with E-state index in [1.54, 1.807) is 18.2 Å². The first-order valence-corrected chi connectivity index (χ1v) is 6.71. The maximum atomic E-state index is 13.7. The lowest BCUT2D eigenvalue weighted by atomic mass is 10.2. The SMILES string of the molecule is N#Cc1c(Br)cccc1Nc1c(F)cc(Br)cc1F. The van der Waals surface area contributed by atoms with Gasteiger partial charge in [0.25, 0.3) is 0 Å². The van der Waals surface area contributed by atoms with Gasteiger partial charge in [-0.1, -0.05) is 22.0 Å². The summed E-state index contributed by atoms with van der Waals surface area (Å²) in [5.74, 6) is -1.48. The zero-order chi connectivity index (χ0) is 14.0. The van der Waals surface area contributed by atoms with E-state index in [1.807, 2.05) is 6.07 Å². The summed E-state index contributed by atoms with van der Waals surface area (Å²) in [5, 5.41) is 11.6. The number of hydrogen-bond donors (Lipinski definition) is 1. The van der Waals surface area contributed by atoms with Gasteiger partial charge >= 0.3 is 0 Å². The van der Waals surface area contributed by atoms with Gasteiger partial charge in [0.2, 0.25) is 0 Å². The Kier molecular flexibility index (Phi) is 4.17. The monoisotopic (exact) mass is 386 g/mol. The Morgan fingerprint density at radius 1 is 1.11 bits per heavy atom. The van der Waals surface area contributed by atoms with Gasteiger partial charge in [0.05, 0.1) is 11.3 Å². The Labute approximate surface area is 125 Å². The number of benzene rings is 2. The lowest BCUT2D eigenvalue weighted by Gasteiger charge is -2.11. The van der Waals surface area contributed by atoms with Gasteiger partial charge in [0, 0.05) is 8.95 Å². The zero-order valence-electron chi connectivity index (χ0n) is 9.35. The third-order valence-electron chi connectivity index (χ3n) is 2.39. The molecule has 2 aromatic carbocycles. The molecule has 2 rings (SSSR count). The third-order valence-corrected chi connectivity index (χ3v) is 3.51. The lowest BCUT2D eigenvalue weighted by molar-refractivity contribution is 0.589. The first-order valence-electron chi connectivity index (χ1n) is 5.13. The summed E-state index contributed by atoms with van der Waals surface area (Å²) < 4.78 is 28.3. The van der Waals surface area contributed by atoms with Crippen molar-refractivity contribution >= 4 is 43.2 Å². The maximum absolute atomic E-state index is 13.7. The molecule has 96 valence electrons. The molecule has 0 atom stereocenters. The number of nitrogens with one attached hydrogen (secondary N) is 1. The van der Waals surface area contributed by atoms with Crippen LogP contribution in [0, 0.1) is 23.0 Å². The van der Waals surface area contributed by atoms with Crippen LogP contribution in [-0.4, -0.2) is 0 Å². The van der Waals surface area contributed by atoms with Gasteiger partial charge in [-0.3, -0.25) is 0 Å². The first kappa shape index (κ1) is 14.0. The minimum absolute atomic E-state index is 0.282. The highest BCUT2D eigenvalue weighted by Gasteiger charge is 2.13. The molecule has 0 aliphatic heterocycles. The van der Waals surface area contributed by atoms with Crippen molar-refractivity contribution in [3.8, 4) is 6.07 Å². The van der Waals surface area contributed by atoms with Gasteiger partial charge in [0.1, 0.15) is 11.8 Å². The van der Waals surface area contributed by atoms with Crippen molar-refractivity contribution in [1.82, 2.24) is 0 Å². The average Bonchev–Trinajstić information content (AvgIpc) is 2.34. The molecular formula is C13H6Br2F2N2. The molecule has 0 unspecified atom stereocenters. The Balaban J connectivity index is 2.49.